The molecule has 1 aromatic heterocycles. The lowest BCUT2D eigenvalue weighted by Crippen LogP contribution is -2.39. The quantitative estimate of drug-likeness (QED) is 0.573. The van der Waals surface area contributed by atoms with E-state index in [1.54, 1.807) is 0 Å². The lowest BCUT2D eigenvalue weighted by atomic mass is 10.0. The molecule has 1 unspecified atom stereocenters. The minimum absolute atomic E-state index is 0.658. The van der Waals surface area contributed by atoms with Crippen LogP contribution in [0, 0.1) is 5.92 Å². The topological polar surface area (TPSA) is 45.5 Å². The molecule has 0 bridgehead atoms. The Hall–Kier alpha value is -2.82. The van der Waals surface area contributed by atoms with Crippen LogP contribution in [-0.4, -0.2) is 40.8 Å². The van der Waals surface area contributed by atoms with E-state index < -0.39 is 0 Å². The zero-order chi connectivity index (χ0) is 18.6. The van der Waals surface area contributed by atoms with Gasteiger partial charge in [-0.25, -0.2) is 0 Å². The predicted octanol–water partition coefficient (Wildman–Crippen LogP) is 3.21. The Balaban J connectivity index is 1.38. The molecule has 140 valence electrons. The molecule has 0 radical (unpaired) electrons. The van der Waals surface area contributed by atoms with E-state index in [2.05, 4.69) is 69.0 Å². The molecule has 4 rings (SSSR count). The van der Waals surface area contributed by atoms with E-state index in [4.69, 9.17) is 0 Å². The zero-order valence-electron chi connectivity index (χ0n) is 16.1. The van der Waals surface area contributed by atoms with Crippen molar-refractivity contribution in [2.24, 2.45) is 18.0 Å². The molecule has 0 aliphatic carbocycles. The van der Waals surface area contributed by atoms with Gasteiger partial charge in [0.2, 0.25) is 0 Å². The molecular weight excluding hydrogens is 334 g/mol. The molecule has 2 aromatic carbocycles. The standard InChI is InChI=1S/C22H27N5/c1-23-22(24-14-20-8-5-7-19-6-3-4-9-21(19)20)27-11-10-17(16-27)12-18-13-25-26(2)15-18/h3-9,13,15,17H,10-12,14,16H2,1-2H3,(H,23,24). The minimum Gasteiger partial charge on any atom is -0.352 e. The molecular formula is C22H27N5. The highest BCUT2D eigenvalue weighted by molar-refractivity contribution is 5.86. The van der Waals surface area contributed by atoms with Crippen molar-refractivity contribution in [1.82, 2.24) is 20.0 Å². The normalized spacial score (nSPS) is 17.6. The SMILES string of the molecule is CN=C(NCc1cccc2ccccc12)N1CCC(Cc2cnn(C)c2)C1. The predicted molar refractivity (Wildman–Crippen MR) is 111 cm³/mol. The molecule has 1 atom stereocenters. The first-order valence-electron chi connectivity index (χ1n) is 9.62. The second kappa shape index (κ2) is 7.82. The Labute approximate surface area is 160 Å². The Bertz CT molecular complexity index is 937. The van der Waals surface area contributed by atoms with Crippen LogP contribution in [0.4, 0.5) is 0 Å². The fourth-order valence-electron chi connectivity index (χ4n) is 4.06. The highest BCUT2D eigenvalue weighted by atomic mass is 15.3. The van der Waals surface area contributed by atoms with Crippen molar-refractivity contribution >= 4 is 16.7 Å². The summed E-state index contributed by atoms with van der Waals surface area (Å²) in [6, 6.07) is 15.0. The number of nitrogens with one attached hydrogen (secondary N) is 1. The molecule has 1 fully saturated rings. The number of hydrogen-bond acceptors (Lipinski definition) is 2. The van der Waals surface area contributed by atoms with Crippen LogP contribution in [0.15, 0.2) is 59.9 Å². The van der Waals surface area contributed by atoms with Gasteiger partial charge in [-0.3, -0.25) is 9.67 Å². The van der Waals surface area contributed by atoms with E-state index >= 15 is 0 Å². The van der Waals surface area contributed by atoms with Crippen LogP contribution in [0.25, 0.3) is 10.8 Å². The van der Waals surface area contributed by atoms with E-state index in [1.807, 2.05) is 25.0 Å². The zero-order valence-corrected chi connectivity index (χ0v) is 16.1. The van der Waals surface area contributed by atoms with Crippen molar-refractivity contribution in [1.29, 1.82) is 0 Å². The van der Waals surface area contributed by atoms with Crippen LogP contribution in [0.5, 0.6) is 0 Å². The molecule has 0 saturated carbocycles. The first kappa shape index (κ1) is 17.6. The third-order valence-corrected chi connectivity index (χ3v) is 5.40. The van der Waals surface area contributed by atoms with Crippen LogP contribution < -0.4 is 5.32 Å². The number of fused-ring (bicyclic) bond motifs is 1. The lowest BCUT2D eigenvalue weighted by Gasteiger charge is -2.22. The fourth-order valence-corrected chi connectivity index (χ4v) is 4.06. The van der Waals surface area contributed by atoms with Gasteiger partial charge in [-0.15, -0.1) is 0 Å². The Morgan fingerprint density at radius 2 is 2.07 bits per heavy atom. The summed E-state index contributed by atoms with van der Waals surface area (Å²) in [5.41, 5.74) is 2.63. The number of aryl methyl sites for hydroxylation is 1. The summed E-state index contributed by atoms with van der Waals surface area (Å²) in [7, 11) is 3.85. The fraction of sp³-hybridized carbons (Fsp3) is 0.364. The molecule has 1 aliphatic rings. The largest absolute Gasteiger partial charge is 0.352 e. The van der Waals surface area contributed by atoms with Crippen molar-refractivity contribution in [2.45, 2.75) is 19.4 Å². The van der Waals surface area contributed by atoms with E-state index in [0.29, 0.717) is 5.92 Å². The Morgan fingerprint density at radius 1 is 1.22 bits per heavy atom. The molecule has 0 spiro atoms. The van der Waals surface area contributed by atoms with Crippen LogP contribution in [0.3, 0.4) is 0 Å². The third kappa shape index (κ3) is 3.97. The highest BCUT2D eigenvalue weighted by Gasteiger charge is 2.25. The summed E-state index contributed by atoms with van der Waals surface area (Å²) >= 11 is 0. The first-order valence-corrected chi connectivity index (χ1v) is 9.62. The number of benzene rings is 2. The molecule has 3 aromatic rings. The molecule has 1 N–H and O–H groups in total. The molecule has 5 heteroatoms. The molecule has 5 nitrogen and oxygen atoms in total. The van der Waals surface area contributed by atoms with E-state index in [-0.39, 0.29) is 0 Å². The summed E-state index contributed by atoms with van der Waals surface area (Å²) < 4.78 is 1.88. The summed E-state index contributed by atoms with van der Waals surface area (Å²) in [5, 5.41) is 10.4. The van der Waals surface area contributed by atoms with Crippen molar-refractivity contribution in [3.05, 3.63) is 66.0 Å². The van der Waals surface area contributed by atoms with Crippen LogP contribution in [-0.2, 0) is 20.0 Å². The van der Waals surface area contributed by atoms with Gasteiger partial charge in [0.25, 0.3) is 0 Å². The molecule has 1 aliphatic heterocycles. The summed E-state index contributed by atoms with van der Waals surface area (Å²) in [6.45, 7) is 2.89. The molecule has 27 heavy (non-hydrogen) atoms. The maximum absolute atomic E-state index is 4.53. The van der Waals surface area contributed by atoms with Gasteiger partial charge in [0.05, 0.1) is 6.20 Å². The van der Waals surface area contributed by atoms with Crippen molar-refractivity contribution in [3.8, 4) is 0 Å². The summed E-state index contributed by atoms with van der Waals surface area (Å²) in [4.78, 5) is 6.91. The maximum atomic E-state index is 4.53. The summed E-state index contributed by atoms with van der Waals surface area (Å²) in [6.07, 6.45) is 6.39. The monoisotopic (exact) mass is 361 g/mol. The number of nitrogens with zero attached hydrogens (tertiary/aromatic N) is 4. The maximum Gasteiger partial charge on any atom is 0.193 e. The van der Waals surface area contributed by atoms with Gasteiger partial charge < -0.3 is 10.2 Å². The van der Waals surface area contributed by atoms with E-state index in [9.17, 15) is 0 Å². The van der Waals surface area contributed by atoms with Crippen LogP contribution in [0.2, 0.25) is 0 Å². The second-order valence-corrected chi connectivity index (χ2v) is 7.37. The highest BCUT2D eigenvalue weighted by Crippen LogP contribution is 2.21. The first-order chi connectivity index (χ1) is 13.2. The van der Waals surface area contributed by atoms with Gasteiger partial charge >= 0.3 is 0 Å². The van der Waals surface area contributed by atoms with Crippen molar-refractivity contribution in [3.63, 3.8) is 0 Å². The average Bonchev–Trinajstić information content (AvgIpc) is 3.32. The lowest BCUT2D eigenvalue weighted by molar-refractivity contribution is 0.460. The number of aliphatic imine (C=N–C) groups is 1. The van der Waals surface area contributed by atoms with E-state index in [1.165, 1.54) is 28.3 Å². The second-order valence-electron chi connectivity index (χ2n) is 7.37. The molecule has 2 heterocycles. The number of rotatable bonds is 4. The van der Waals surface area contributed by atoms with Gasteiger partial charge in [0.1, 0.15) is 0 Å². The van der Waals surface area contributed by atoms with Gasteiger partial charge in [0, 0.05) is 39.9 Å². The third-order valence-electron chi connectivity index (χ3n) is 5.40. The number of guanidine groups is 1. The smallest absolute Gasteiger partial charge is 0.193 e. The Morgan fingerprint density at radius 3 is 2.89 bits per heavy atom. The average molecular weight is 361 g/mol. The number of likely N-dealkylation sites (tertiary alicyclic amines) is 1. The van der Waals surface area contributed by atoms with Crippen LogP contribution in [0.1, 0.15) is 17.5 Å². The van der Waals surface area contributed by atoms with Crippen LogP contribution >= 0.6 is 0 Å². The number of aromatic nitrogens is 2. The Kier molecular flexibility index (Phi) is 5.10. The van der Waals surface area contributed by atoms with Gasteiger partial charge in [-0.1, -0.05) is 42.5 Å². The van der Waals surface area contributed by atoms with Crippen molar-refractivity contribution < 1.29 is 0 Å². The van der Waals surface area contributed by atoms with E-state index in [0.717, 1.165) is 32.0 Å². The number of hydrogen-bond donors (Lipinski definition) is 1. The van der Waals surface area contributed by atoms with Gasteiger partial charge in [-0.2, -0.15) is 5.10 Å². The summed E-state index contributed by atoms with van der Waals surface area (Å²) in [5.74, 6) is 1.65. The molecule has 1 saturated heterocycles. The van der Waals surface area contributed by atoms with Gasteiger partial charge in [0.15, 0.2) is 5.96 Å². The molecule has 0 amide bonds. The van der Waals surface area contributed by atoms with Gasteiger partial charge in [-0.05, 0) is 40.7 Å². The minimum atomic E-state index is 0.658. The van der Waals surface area contributed by atoms with Crippen molar-refractivity contribution in [2.75, 3.05) is 20.1 Å².